The molecule has 1 spiro atoms. The van der Waals surface area contributed by atoms with Crippen LogP contribution in [0.25, 0.3) is 0 Å². The standard InChI is InChI=1S/C23H24N4O4/c1-15(28)24-17-9-11-18(12-10-17)25-20(29)14-27-21(30)23(26-22(27)31)13-5-4-7-16-6-2-3-8-19(16)23/h2-3,6,8-12H,4-5,7,13-14H2,1H3,(H,24,28)(H,25,29)(H,26,31)/t23-/m1/s1. The van der Waals surface area contributed by atoms with E-state index in [1.165, 1.54) is 6.92 Å². The Morgan fingerprint density at radius 1 is 1.00 bits per heavy atom. The summed E-state index contributed by atoms with van der Waals surface area (Å²) in [5, 5.41) is 8.21. The van der Waals surface area contributed by atoms with Gasteiger partial charge in [-0.25, -0.2) is 4.79 Å². The Hall–Kier alpha value is -3.68. The highest BCUT2D eigenvalue weighted by atomic mass is 16.2. The minimum Gasteiger partial charge on any atom is -0.326 e. The maximum absolute atomic E-state index is 13.4. The molecule has 1 atom stereocenters. The quantitative estimate of drug-likeness (QED) is 0.661. The average Bonchev–Trinajstić information content (AvgIpc) is 2.88. The third-order valence-corrected chi connectivity index (χ3v) is 5.69. The number of urea groups is 1. The van der Waals surface area contributed by atoms with Gasteiger partial charge in [0.2, 0.25) is 11.8 Å². The van der Waals surface area contributed by atoms with Gasteiger partial charge in [0.25, 0.3) is 5.91 Å². The molecule has 0 bridgehead atoms. The molecule has 2 aromatic rings. The lowest BCUT2D eigenvalue weighted by atomic mass is 9.84. The van der Waals surface area contributed by atoms with E-state index in [1.807, 2.05) is 24.3 Å². The molecule has 1 saturated heterocycles. The molecular formula is C23H24N4O4. The highest BCUT2D eigenvalue weighted by Gasteiger charge is 2.53. The number of nitrogens with one attached hydrogen (secondary N) is 3. The molecule has 0 aromatic heterocycles. The molecular weight excluding hydrogens is 396 g/mol. The molecule has 1 aliphatic heterocycles. The molecule has 1 heterocycles. The van der Waals surface area contributed by atoms with Crippen molar-refractivity contribution in [1.29, 1.82) is 0 Å². The molecule has 0 unspecified atom stereocenters. The minimum atomic E-state index is -1.11. The molecule has 0 radical (unpaired) electrons. The number of imide groups is 1. The number of fused-ring (bicyclic) bond motifs is 2. The summed E-state index contributed by atoms with van der Waals surface area (Å²) >= 11 is 0. The summed E-state index contributed by atoms with van der Waals surface area (Å²) in [5.41, 5.74) is 1.88. The van der Waals surface area contributed by atoms with Crippen molar-refractivity contribution in [3.8, 4) is 0 Å². The predicted octanol–water partition coefficient (Wildman–Crippen LogP) is 2.76. The van der Waals surface area contributed by atoms with Gasteiger partial charge < -0.3 is 16.0 Å². The number of carbonyl (C=O) groups excluding carboxylic acids is 4. The number of nitrogens with zero attached hydrogens (tertiary/aromatic N) is 1. The van der Waals surface area contributed by atoms with E-state index in [-0.39, 0.29) is 18.4 Å². The highest BCUT2D eigenvalue weighted by Crippen LogP contribution is 2.38. The Morgan fingerprint density at radius 3 is 2.39 bits per heavy atom. The van der Waals surface area contributed by atoms with Gasteiger partial charge in [-0.05, 0) is 61.1 Å². The number of hydrogen-bond acceptors (Lipinski definition) is 4. The van der Waals surface area contributed by atoms with E-state index >= 15 is 0 Å². The van der Waals surface area contributed by atoms with Crippen LogP contribution in [0.5, 0.6) is 0 Å². The number of hydrogen-bond donors (Lipinski definition) is 3. The van der Waals surface area contributed by atoms with Gasteiger partial charge in [-0.15, -0.1) is 0 Å². The third-order valence-electron chi connectivity index (χ3n) is 5.69. The van der Waals surface area contributed by atoms with E-state index in [4.69, 9.17) is 0 Å². The van der Waals surface area contributed by atoms with Gasteiger partial charge in [0.15, 0.2) is 0 Å². The third kappa shape index (κ3) is 4.01. The fraction of sp³-hybridized carbons (Fsp3) is 0.304. The van der Waals surface area contributed by atoms with E-state index < -0.39 is 17.5 Å². The summed E-state index contributed by atoms with van der Waals surface area (Å²) in [6, 6.07) is 13.7. The van der Waals surface area contributed by atoms with Gasteiger partial charge in [0.1, 0.15) is 12.1 Å². The highest BCUT2D eigenvalue weighted by molar-refractivity contribution is 6.10. The lowest BCUT2D eigenvalue weighted by Gasteiger charge is -2.27. The first-order chi connectivity index (χ1) is 14.9. The van der Waals surface area contributed by atoms with Gasteiger partial charge in [0.05, 0.1) is 0 Å². The molecule has 8 heteroatoms. The van der Waals surface area contributed by atoms with Crippen molar-refractivity contribution in [2.75, 3.05) is 17.2 Å². The molecule has 31 heavy (non-hydrogen) atoms. The monoisotopic (exact) mass is 420 g/mol. The Balaban J connectivity index is 1.49. The number of amides is 5. The van der Waals surface area contributed by atoms with Crippen molar-refractivity contribution in [2.24, 2.45) is 0 Å². The van der Waals surface area contributed by atoms with Gasteiger partial charge in [-0.3, -0.25) is 19.3 Å². The van der Waals surface area contributed by atoms with Gasteiger partial charge in [-0.1, -0.05) is 24.3 Å². The molecule has 8 nitrogen and oxygen atoms in total. The maximum atomic E-state index is 13.4. The van der Waals surface area contributed by atoms with E-state index in [0.29, 0.717) is 17.8 Å². The van der Waals surface area contributed by atoms with Crippen molar-refractivity contribution in [3.63, 3.8) is 0 Å². The minimum absolute atomic E-state index is 0.190. The van der Waals surface area contributed by atoms with Gasteiger partial charge in [-0.2, -0.15) is 0 Å². The van der Waals surface area contributed by atoms with E-state index in [9.17, 15) is 19.2 Å². The first kappa shape index (κ1) is 20.6. The molecule has 2 aliphatic rings. The Labute approximate surface area is 180 Å². The normalized spacial score (nSPS) is 20.1. The summed E-state index contributed by atoms with van der Waals surface area (Å²) in [6.45, 7) is 1.04. The van der Waals surface area contributed by atoms with Crippen LogP contribution in [0, 0.1) is 0 Å². The zero-order valence-electron chi connectivity index (χ0n) is 17.2. The van der Waals surface area contributed by atoms with Crippen LogP contribution in [-0.2, 0) is 26.3 Å². The van der Waals surface area contributed by atoms with Crippen molar-refractivity contribution in [3.05, 3.63) is 59.7 Å². The van der Waals surface area contributed by atoms with Gasteiger partial charge >= 0.3 is 6.03 Å². The number of benzene rings is 2. The van der Waals surface area contributed by atoms with Crippen LogP contribution in [0.3, 0.4) is 0 Å². The SMILES string of the molecule is CC(=O)Nc1ccc(NC(=O)CN2C(=O)N[C@@]3(CCCCc4ccccc43)C2=O)cc1. The van der Waals surface area contributed by atoms with Crippen LogP contribution in [0.4, 0.5) is 16.2 Å². The van der Waals surface area contributed by atoms with Crippen LogP contribution in [0.15, 0.2) is 48.5 Å². The summed E-state index contributed by atoms with van der Waals surface area (Å²) in [4.78, 5) is 50.7. The Kier molecular flexibility index (Phi) is 5.46. The van der Waals surface area contributed by atoms with Crippen LogP contribution in [0.1, 0.15) is 37.3 Å². The molecule has 1 aliphatic carbocycles. The van der Waals surface area contributed by atoms with E-state index in [2.05, 4.69) is 16.0 Å². The molecule has 1 fully saturated rings. The van der Waals surface area contributed by atoms with Crippen LogP contribution in [0.2, 0.25) is 0 Å². The summed E-state index contributed by atoms with van der Waals surface area (Å²) in [6.07, 6.45) is 3.12. The van der Waals surface area contributed by atoms with E-state index in [0.717, 1.165) is 35.3 Å². The van der Waals surface area contributed by atoms with Crippen molar-refractivity contribution < 1.29 is 19.2 Å². The zero-order chi connectivity index (χ0) is 22.0. The largest absolute Gasteiger partial charge is 0.326 e. The van der Waals surface area contributed by atoms with Crippen LogP contribution < -0.4 is 16.0 Å². The number of rotatable bonds is 4. The first-order valence-corrected chi connectivity index (χ1v) is 10.3. The lowest BCUT2D eigenvalue weighted by Crippen LogP contribution is -2.44. The number of anilines is 2. The first-order valence-electron chi connectivity index (χ1n) is 10.3. The fourth-order valence-corrected chi connectivity index (χ4v) is 4.30. The van der Waals surface area contributed by atoms with Crippen molar-refractivity contribution in [2.45, 2.75) is 38.1 Å². The maximum Gasteiger partial charge on any atom is 0.325 e. The Morgan fingerprint density at radius 2 is 1.68 bits per heavy atom. The van der Waals surface area contributed by atoms with Crippen LogP contribution in [-0.4, -0.2) is 35.2 Å². The van der Waals surface area contributed by atoms with Gasteiger partial charge in [0, 0.05) is 18.3 Å². The zero-order valence-corrected chi connectivity index (χ0v) is 17.2. The number of aryl methyl sites for hydroxylation is 1. The van der Waals surface area contributed by atoms with Crippen LogP contribution >= 0.6 is 0 Å². The van der Waals surface area contributed by atoms with Crippen molar-refractivity contribution >= 4 is 35.1 Å². The van der Waals surface area contributed by atoms with E-state index in [1.54, 1.807) is 24.3 Å². The lowest BCUT2D eigenvalue weighted by molar-refractivity contribution is -0.134. The fourth-order valence-electron chi connectivity index (χ4n) is 4.30. The molecule has 160 valence electrons. The Bertz CT molecular complexity index is 1050. The molecule has 3 N–H and O–H groups in total. The number of carbonyl (C=O) groups is 4. The van der Waals surface area contributed by atoms with Crippen molar-refractivity contribution in [1.82, 2.24) is 10.2 Å². The molecule has 2 aromatic carbocycles. The molecule has 4 rings (SSSR count). The summed E-state index contributed by atoms with van der Waals surface area (Å²) < 4.78 is 0. The average molecular weight is 420 g/mol. The second-order valence-electron chi connectivity index (χ2n) is 7.90. The predicted molar refractivity (Wildman–Crippen MR) is 115 cm³/mol. The summed E-state index contributed by atoms with van der Waals surface area (Å²) in [7, 11) is 0. The second-order valence-corrected chi connectivity index (χ2v) is 7.90. The topological polar surface area (TPSA) is 108 Å². The smallest absolute Gasteiger partial charge is 0.325 e. The molecule has 0 saturated carbocycles. The summed E-state index contributed by atoms with van der Waals surface area (Å²) in [5.74, 6) is -1.05. The molecule has 5 amide bonds. The second kappa shape index (κ2) is 8.22.